The van der Waals surface area contributed by atoms with Crippen LogP contribution in [0, 0.1) is 19.8 Å². The molecule has 0 aliphatic carbocycles. The van der Waals surface area contributed by atoms with Gasteiger partial charge in [-0.2, -0.15) is 0 Å². The number of rotatable bonds is 7. The van der Waals surface area contributed by atoms with E-state index < -0.39 is 6.04 Å². The van der Waals surface area contributed by atoms with Crippen LogP contribution in [0.1, 0.15) is 31.4 Å². The minimum Gasteiger partial charge on any atom is -0.467 e. The van der Waals surface area contributed by atoms with Gasteiger partial charge in [0.15, 0.2) is 0 Å². The average Bonchev–Trinajstić information content (AvgIpc) is 2.67. The number of amides is 1. The van der Waals surface area contributed by atoms with Crippen LogP contribution in [0.2, 0.25) is 0 Å². The molecule has 0 radical (unpaired) electrons. The third-order valence-corrected chi connectivity index (χ3v) is 5.64. The van der Waals surface area contributed by atoms with Crippen molar-refractivity contribution in [2.45, 2.75) is 40.2 Å². The molecule has 6 heteroatoms. The zero-order valence-electron chi connectivity index (χ0n) is 17.2. The number of benzene rings is 1. The Hall–Kier alpha value is -2.08. The molecule has 1 heterocycles. The maximum Gasteiger partial charge on any atom is 0.328 e. The van der Waals surface area contributed by atoms with Gasteiger partial charge in [-0.05, 0) is 37.0 Å². The van der Waals surface area contributed by atoms with Crippen molar-refractivity contribution in [3.8, 4) is 0 Å². The first kappa shape index (κ1) is 21.2. The lowest BCUT2D eigenvalue weighted by Gasteiger charge is -2.37. The Morgan fingerprint density at radius 1 is 1.19 bits per heavy atom. The zero-order chi connectivity index (χ0) is 20.0. The molecule has 1 fully saturated rings. The second-order valence-corrected chi connectivity index (χ2v) is 7.44. The van der Waals surface area contributed by atoms with Crippen LogP contribution in [0.5, 0.6) is 0 Å². The number of esters is 1. The average molecular weight is 376 g/mol. The molecule has 6 nitrogen and oxygen atoms in total. The number of carbonyl (C=O) groups is 2. The van der Waals surface area contributed by atoms with Crippen molar-refractivity contribution >= 4 is 17.6 Å². The molecule has 1 aromatic rings. The zero-order valence-corrected chi connectivity index (χ0v) is 17.2. The van der Waals surface area contributed by atoms with E-state index in [-0.39, 0.29) is 17.8 Å². The smallest absolute Gasteiger partial charge is 0.328 e. The summed E-state index contributed by atoms with van der Waals surface area (Å²) in [6, 6.07) is 5.81. The second kappa shape index (κ2) is 9.74. The van der Waals surface area contributed by atoms with E-state index in [1.54, 1.807) is 0 Å². The molecule has 1 aliphatic heterocycles. The minimum absolute atomic E-state index is 0.0440. The Labute approximate surface area is 162 Å². The molecule has 0 spiro atoms. The summed E-state index contributed by atoms with van der Waals surface area (Å²) < 4.78 is 4.84. The van der Waals surface area contributed by atoms with Crippen LogP contribution in [0.15, 0.2) is 18.2 Å². The van der Waals surface area contributed by atoms with Crippen molar-refractivity contribution in [2.24, 2.45) is 5.92 Å². The molecule has 2 rings (SSSR count). The predicted molar refractivity (Wildman–Crippen MR) is 108 cm³/mol. The van der Waals surface area contributed by atoms with Crippen LogP contribution in [0.3, 0.4) is 0 Å². The topological polar surface area (TPSA) is 61.9 Å². The number of anilines is 1. The SMILES string of the molecule is CC[C@H](C)[C@@H](NC(=O)CN1CCN(c2cccc(C)c2C)CC1)C(=O)OC. The van der Waals surface area contributed by atoms with Gasteiger partial charge in [0.05, 0.1) is 13.7 Å². The third-order valence-electron chi connectivity index (χ3n) is 5.64. The summed E-state index contributed by atoms with van der Waals surface area (Å²) in [6.45, 7) is 12.0. The van der Waals surface area contributed by atoms with Crippen molar-refractivity contribution in [1.29, 1.82) is 0 Å². The van der Waals surface area contributed by atoms with Gasteiger partial charge < -0.3 is 15.0 Å². The van der Waals surface area contributed by atoms with E-state index in [0.29, 0.717) is 6.54 Å². The highest BCUT2D eigenvalue weighted by Gasteiger charge is 2.28. The van der Waals surface area contributed by atoms with Gasteiger partial charge in [0.2, 0.25) is 5.91 Å². The second-order valence-electron chi connectivity index (χ2n) is 7.44. The van der Waals surface area contributed by atoms with Crippen LogP contribution < -0.4 is 10.2 Å². The molecule has 27 heavy (non-hydrogen) atoms. The van der Waals surface area contributed by atoms with Gasteiger partial charge in [0, 0.05) is 31.9 Å². The molecule has 1 amide bonds. The van der Waals surface area contributed by atoms with Gasteiger partial charge in [0.25, 0.3) is 0 Å². The first-order valence-corrected chi connectivity index (χ1v) is 9.78. The lowest BCUT2D eigenvalue weighted by Crippen LogP contribution is -2.52. The Bertz CT molecular complexity index is 654. The molecule has 0 saturated carbocycles. The lowest BCUT2D eigenvalue weighted by atomic mass is 9.99. The van der Waals surface area contributed by atoms with Crippen LogP contribution >= 0.6 is 0 Å². The molecule has 1 aliphatic rings. The summed E-state index contributed by atoms with van der Waals surface area (Å²) in [6.07, 6.45) is 0.800. The first-order valence-electron chi connectivity index (χ1n) is 9.78. The fraction of sp³-hybridized carbons (Fsp3) is 0.619. The highest BCUT2D eigenvalue weighted by Crippen LogP contribution is 2.23. The Morgan fingerprint density at radius 3 is 2.44 bits per heavy atom. The third kappa shape index (κ3) is 5.45. The molecular weight excluding hydrogens is 342 g/mol. The van der Waals surface area contributed by atoms with E-state index in [2.05, 4.69) is 47.2 Å². The van der Waals surface area contributed by atoms with E-state index in [1.807, 2.05) is 13.8 Å². The van der Waals surface area contributed by atoms with Gasteiger partial charge in [-0.25, -0.2) is 4.79 Å². The summed E-state index contributed by atoms with van der Waals surface area (Å²) in [4.78, 5) is 28.9. The Morgan fingerprint density at radius 2 is 1.85 bits per heavy atom. The molecule has 0 bridgehead atoms. The van der Waals surface area contributed by atoms with Crippen LogP contribution in [-0.4, -0.2) is 62.7 Å². The van der Waals surface area contributed by atoms with Crippen molar-refractivity contribution in [3.63, 3.8) is 0 Å². The van der Waals surface area contributed by atoms with Gasteiger partial charge in [-0.15, -0.1) is 0 Å². The predicted octanol–water partition coefficient (Wildman–Crippen LogP) is 2.13. The van der Waals surface area contributed by atoms with Crippen LogP contribution in [0.4, 0.5) is 5.69 Å². The van der Waals surface area contributed by atoms with Crippen LogP contribution in [0.25, 0.3) is 0 Å². The summed E-state index contributed by atoms with van der Waals surface area (Å²) in [5.74, 6) is -0.453. The highest BCUT2D eigenvalue weighted by molar-refractivity contribution is 5.85. The van der Waals surface area contributed by atoms with E-state index in [9.17, 15) is 9.59 Å². The number of methoxy groups -OCH3 is 1. The fourth-order valence-electron chi connectivity index (χ4n) is 3.44. The van der Waals surface area contributed by atoms with Crippen molar-refractivity contribution in [3.05, 3.63) is 29.3 Å². The molecule has 0 aromatic heterocycles. The number of piperazine rings is 1. The molecule has 1 N–H and O–H groups in total. The number of carbonyl (C=O) groups excluding carboxylic acids is 2. The van der Waals surface area contributed by atoms with E-state index in [1.165, 1.54) is 23.9 Å². The molecule has 1 aromatic carbocycles. The van der Waals surface area contributed by atoms with Crippen molar-refractivity contribution < 1.29 is 14.3 Å². The highest BCUT2D eigenvalue weighted by atomic mass is 16.5. The van der Waals surface area contributed by atoms with Gasteiger partial charge in [-0.1, -0.05) is 32.4 Å². The maximum absolute atomic E-state index is 12.4. The summed E-state index contributed by atoms with van der Waals surface area (Å²) >= 11 is 0. The number of nitrogens with zero attached hydrogens (tertiary/aromatic N) is 2. The van der Waals surface area contributed by atoms with E-state index >= 15 is 0 Å². The maximum atomic E-state index is 12.4. The lowest BCUT2D eigenvalue weighted by molar-refractivity contribution is -0.146. The summed E-state index contributed by atoms with van der Waals surface area (Å²) in [5, 5.41) is 2.86. The molecule has 2 atom stereocenters. The summed E-state index contributed by atoms with van der Waals surface area (Å²) in [7, 11) is 1.36. The Kier molecular flexibility index (Phi) is 7.66. The van der Waals surface area contributed by atoms with Crippen molar-refractivity contribution in [2.75, 3.05) is 44.7 Å². The molecule has 1 saturated heterocycles. The first-order chi connectivity index (χ1) is 12.9. The fourth-order valence-corrected chi connectivity index (χ4v) is 3.44. The number of aryl methyl sites for hydroxylation is 1. The minimum atomic E-state index is -0.580. The van der Waals surface area contributed by atoms with Gasteiger partial charge >= 0.3 is 5.97 Å². The van der Waals surface area contributed by atoms with E-state index in [4.69, 9.17) is 4.74 Å². The monoisotopic (exact) mass is 375 g/mol. The van der Waals surface area contributed by atoms with Crippen molar-refractivity contribution in [1.82, 2.24) is 10.2 Å². The largest absolute Gasteiger partial charge is 0.467 e. The number of hydrogen-bond donors (Lipinski definition) is 1. The Balaban J connectivity index is 1.88. The standard InChI is InChI=1S/C21H33N3O3/c1-6-15(2)20(21(26)27-5)22-19(25)14-23-10-12-24(13-11-23)18-9-7-8-16(3)17(18)4/h7-9,15,20H,6,10-14H2,1-5H3,(H,22,25)/t15-,20+/m0/s1. The van der Waals surface area contributed by atoms with Gasteiger partial charge in [-0.3, -0.25) is 9.69 Å². The number of hydrogen-bond acceptors (Lipinski definition) is 5. The molecule has 150 valence electrons. The quantitative estimate of drug-likeness (QED) is 0.740. The van der Waals surface area contributed by atoms with E-state index in [0.717, 1.165) is 32.6 Å². The van der Waals surface area contributed by atoms with Crippen LogP contribution in [-0.2, 0) is 14.3 Å². The molecular formula is C21H33N3O3. The van der Waals surface area contributed by atoms with Gasteiger partial charge in [0.1, 0.15) is 6.04 Å². The summed E-state index contributed by atoms with van der Waals surface area (Å²) in [5.41, 5.74) is 3.90. The number of nitrogens with one attached hydrogen (secondary N) is 1. The molecule has 0 unspecified atom stereocenters. The number of ether oxygens (including phenoxy) is 1. The normalized spacial score (nSPS) is 17.3.